The fraction of sp³-hybridized carbons (Fsp3) is 0.350. The van der Waals surface area contributed by atoms with Gasteiger partial charge >= 0.3 is 0 Å². The van der Waals surface area contributed by atoms with Gasteiger partial charge in [0.2, 0.25) is 5.91 Å². The molecule has 0 aliphatic carbocycles. The van der Waals surface area contributed by atoms with Crippen LogP contribution in [-0.2, 0) is 4.79 Å². The molecule has 10 nitrogen and oxygen atoms in total. The molecule has 0 radical (unpaired) electrons. The van der Waals surface area contributed by atoms with E-state index in [2.05, 4.69) is 15.1 Å². The zero-order valence-corrected chi connectivity index (χ0v) is 16.6. The van der Waals surface area contributed by atoms with Gasteiger partial charge in [-0.25, -0.2) is 0 Å². The van der Waals surface area contributed by atoms with Crippen molar-refractivity contribution in [2.75, 3.05) is 42.9 Å². The molecule has 3 rings (SSSR count). The van der Waals surface area contributed by atoms with Crippen molar-refractivity contribution >= 4 is 28.7 Å². The molecule has 0 bridgehead atoms. The SMILES string of the molecule is Cc1c(NC(=O)CCN2CCN(c3cccc([N+](=O)[O-])c3)CC2)cccc1[N+](=O)[O-]. The molecular weight excluding hydrogens is 390 g/mol. The summed E-state index contributed by atoms with van der Waals surface area (Å²) >= 11 is 0. The first-order valence-electron chi connectivity index (χ1n) is 9.61. The van der Waals surface area contributed by atoms with Crippen LogP contribution in [0, 0.1) is 27.2 Å². The van der Waals surface area contributed by atoms with Gasteiger partial charge in [-0.3, -0.25) is 29.9 Å². The summed E-state index contributed by atoms with van der Waals surface area (Å²) in [6.45, 7) is 5.10. The predicted octanol–water partition coefficient (Wildman–Crippen LogP) is 2.96. The van der Waals surface area contributed by atoms with Crippen molar-refractivity contribution in [2.24, 2.45) is 0 Å². The van der Waals surface area contributed by atoms with Crippen LogP contribution in [-0.4, -0.2) is 53.4 Å². The van der Waals surface area contributed by atoms with Crippen LogP contribution >= 0.6 is 0 Å². The van der Waals surface area contributed by atoms with Crippen molar-refractivity contribution in [3.8, 4) is 0 Å². The monoisotopic (exact) mass is 413 g/mol. The Kier molecular flexibility index (Phi) is 6.58. The fourth-order valence-electron chi connectivity index (χ4n) is 3.46. The maximum absolute atomic E-state index is 12.3. The molecule has 10 heteroatoms. The average molecular weight is 413 g/mol. The van der Waals surface area contributed by atoms with Crippen LogP contribution in [0.5, 0.6) is 0 Å². The number of carbonyl (C=O) groups is 1. The lowest BCUT2D eigenvalue weighted by molar-refractivity contribution is -0.385. The van der Waals surface area contributed by atoms with Gasteiger partial charge in [0.05, 0.1) is 21.1 Å². The first kappa shape index (κ1) is 21.2. The maximum Gasteiger partial charge on any atom is 0.274 e. The topological polar surface area (TPSA) is 122 Å². The molecule has 1 heterocycles. The van der Waals surface area contributed by atoms with Crippen molar-refractivity contribution in [3.63, 3.8) is 0 Å². The van der Waals surface area contributed by atoms with Crippen molar-refractivity contribution in [1.82, 2.24) is 4.90 Å². The Balaban J connectivity index is 1.48. The van der Waals surface area contributed by atoms with Crippen LogP contribution < -0.4 is 10.2 Å². The molecule has 2 aromatic carbocycles. The maximum atomic E-state index is 12.3. The first-order valence-corrected chi connectivity index (χ1v) is 9.61. The number of piperazine rings is 1. The number of carbonyl (C=O) groups excluding carboxylic acids is 1. The molecular formula is C20H23N5O5. The summed E-state index contributed by atoms with van der Waals surface area (Å²) in [6.07, 6.45) is 0.277. The molecule has 1 N–H and O–H groups in total. The van der Waals surface area contributed by atoms with Gasteiger partial charge in [0.25, 0.3) is 11.4 Å². The largest absolute Gasteiger partial charge is 0.369 e. The lowest BCUT2D eigenvalue weighted by Crippen LogP contribution is -2.47. The summed E-state index contributed by atoms with van der Waals surface area (Å²) in [6, 6.07) is 11.2. The minimum absolute atomic E-state index is 0.0231. The van der Waals surface area contributed by atoms with Crippen LogP contribution in [0.15, 0.2) is 42.5 Å². The van der Waals surface area contributed by atoms with E-state index in [0.717, 1.165) is 18.8 Å². The Morgan fingerprint density at radius 1 is 1.03 bits per heavy atom. The number of nitro benzene ring substituents is 2. The molecule has 0 unspecified atom stereocenters. The summed E-state index contributed by atoms with van der Waals surface area (Å²) in [5, 5.41) is 24.7. The predicted molar refractivity (Wildman–Crippen MR) is 113 cm³/mol. The van der Waals surface area contributed by atoms with Gasteiger partial charge in [-0.1, -0.05) is 12.1 Å². The molecule has 0 spiro atoms. The molecule has 2 aromatic rings. The number of nitro groups is 2. The summed E-state index contributed by atoms with van der Waals surface area (Å²) < 4.78 is 0. The lowest BCUT2D eigenvalue weighted by Gasteiger charge is -2.35. The van der Waals surface area contributed by atoms with Crippen molar-refractivity contribution in [1.29, 1.82) is 0 Å². The fourth-order valence-corrected chi connectivity index (χ4v) is 3.46. The molecule has 1 saturated heterocycles. The van der Waals surface area contributed by atoms with E-state index in [9.17, 15) is 25.0 Å². The zero-order valence-electron chi connectivity index (χ0n) is 16.6. The molecule has 1 aliphatic rings. The van der Waals surface area contributed by atoms with Gasteiger partial charge in [-0.05, 0) is 19.1 Å². The van der Waals surface area contributed by atoms with Gasteiger partial charge in [0.1, 0.15) is 0 Å². The molecule has 1 fully saturated rings. The van der Waals surface area contributed by atoms with E-state index in [1.165, 1.54) is 12.1 Å². The number of hydrogen-bond donors (Lipinski definition) is 1. The number of amides is 1. The number of nitrogens with one attached hydrogen (secondary N) is 1. The van der Waals surface area contributed by atoms with Crippen molar-refractivity contribution < 1.29 is 14.6 Å². The number of anilines is 2. The van der Waals surface area contributed by atoms with Crippen LogP contribution in [0.1, 0.15) is 12.0 Å². The van der Waals surface area contributed by atoms with Gasteiger partial charge in [-0.15, -0.1) is 0 Å². The van der Waals surface area contributed by atoms with E-state index >= 15 is 0 Å². The molecule has 1 aliphatic heterocycles. The minimum atomic E-state index is -0.466. The van der Waals surface area contributed by atoms with Crippen molar-refractivity contribution in [2.45, 2.75) is 13.3 Å². The third-order valence-corrected chi connectivity index (χ3v) is 5.21. The van der Waals surface area contributed by atoms with Gasteiger partial charge in [0.15, 0.2) is 0 Å². The third-order valence-electron chi connectivity index (χ3n) is 5.21. The lowest BCUT2D eigenvalue weighted by atomic mass is 10.1. The van der Waals surface area contributed by atoms with E-state index in [1.54, 1.807) is 31.2 Å². The van der Waals surface area contributed by atoms with Crippen LogP contribution in [0.25, 0.3) is 0 Å². The van der Waals surface area contributed by atoms with Crippen LogP contribution in [0.2, 0.25) is 0 Å². The van der Waals surface area contributed by atoms with E-state index in [0.29, 0.717) is 30.9 Å². The first-order chi connectivity index (χ1) is 14.3. The average Bonchev–Trinajstić information content (AvgIpc) is 2.74. The highest BCUT2D eigenvalue weighted by molar-refractivity contribution is 5.92. The van der Waals surface area contributed by atoms with Crippen LogP contribution in [0.3, 0.4) is 0 Å². The summed E-state index contributed by atoms with van der Waals surface area (Å²) in [7, 11) is 0. The normalized spacial score (nSPS) is 14.4. The van der Waals surface area contributed by atoms with E-state index < -0.39 is 9.85 Å². The van der Waals surface area contributed by atoms with Crippen LogP contribution in [0.4, 0.5) is 22.7 Å². The molecule has 0 saturated carbocycles. The quantitative estimate of drug-likeness (QED) is 0.547. The molecule has 0 aromatic heterocycles. The standard InChI is InChI=1S/C20H23N5O5/c1-15-18(6-3-7-19(15)25(29)30)21-20(26)8-9-22-10-12-23(13-11-22)16-4-2-5-17(14-16)24(27)28/h2-7,14H,8-13H2,1H3,(H,21,26). The van der Waals surface area contributed by atoms with Gasteiger partial charge < -0.3 is 10.2 Å². The van der Waals surface area contributed by atoms with Crippen molar-refractivity contribution in [3.05, 3.63) is 68.3 Å². The number of nitrogens with zero attached hydrogens (tertiary/aromatic N) is 4. The number of benzene rings is 2. The highest BCUT2D eigenvalue weighted by atomic mass is 16.6. The highest BCUT2D eigenvalue weighted by Crippen LogP contribution is 2.25. The molecule has 1 amide bonds. The molecule has 0 atom stereocenters. The smallest absolute Gasteiger partial charge is 0.274 e. The number of rotatable bonds is 7. The second-order valence-corrected chi connectivity index (χ2v) is 7.11. The Hall–Kier alpha value is -3.53. The van der Waals surface area contributed by atoms with Gasteiger partial charge in [-0.2, -0.15) is 0 Å². The van der Waals surface area contributed by atoms with E-state index in [1.807, 2.05) is 6.07 Å². The van der Waals surface area contributed by atoms with Gasteiger partial charge in [0, 0.05) is 63.0 Å². The molecule has 158 valence electrons. The Morgan fingerprint density at radius 2 is 1.73 bits per heavy atom. The number of hydrogen-bond acceptors (Lipinski definition) is 7. The zero-order chi connectivity index (χ0) is 21.7. The Morgan fingerprint density at radius 3 is 2.40 bits per heavy atom. The summed E-state index contributed by atoms with van der Waals surface area (Å²) in [5.41, 5.74) is 1.75. The second-order valence-electron chi connectivity index (χ2n) is 7.11. The number of non-ortho nitro benzene ring substituents is 1. The molecule has 30 heavy (non-hydrogen) atoms. The van der Waals surface area contributed by atoms with E-state index in [-0.39, 0.29) is 23.7 Å². The Bertz CT molecular complexity index is 956. The highest BCUT2D eigenvalue weighted by Gasteiger charge is 2.20. The second kappa shape index (κ2) is 9.31. The van der Waals surface area contributed by atoms with E-state index in [4.69, 9.17) is 0 Å². The summed E-state index contributed by atoms with van der Waals surface area (Å²) in [4.78, 5) is 37.7. The Labute approximate surface area is 173 Å². The summed E-state index contributed by atoms with van der Waals surface area (Å²) in [5.74, 6) is -0.195. The minimum Gasteiger partial charge on any atom is -0.369 e. The third kappa shape index (κ3) is 5.09.